The third-order valence-corrected chi connectivity index (χ3v) is 4.87. The van der Waals surface area contributed by atoms with Gasteiger partial charge in [0.2, 0.25) is 0 Å². The summed E-state index contributed by atoms with van der Waals surface area (Å²) in [6.07, 6.45) is 0. The molecule has 1 aliphatic rings. The first kappa shape index (κ1) is 15.3. The monoisotopic (exact) mass is 294 g/mol. The van der Waals surface area contributed by atoms with Crippen molar-refractivity contribution in [2.24, 2.45) is 0 Å². The van der Waals surface area contributed by atoms with Crippen molar-refractivity contribution in [2.45, 2.75) is 19.9 Å². The second kappa shape index (κ2) is 6.64. The van der Waals surface area contributed by atoms with Gasteiger partial charge in [0.1, 0.15) is 0 Å². The largest absolute Gasteiger partial charge is 0.304 e. The highest BCUT2D eigenvalue weighted by Gasteiger charge is 2.27. The summed E-state index contributed by atoms with van der Waals surface area (Å²) >= 11 is 0. The molecule has 0 radical (unpaired) electrons. The Kier molecular flexibility index (Phi) is 4.60. The molecule has 0 unspecified atom stereocenters. The van der Waals surface area contributed by atoms with E-state index in [0.29, 0.717) is 6.04 Å². The van der Waals surface area contributed by atoms with E-state index in [-0.39, 0.29) is 0 Å². The summed E-state index contributed by atoms with van der Waals surface area (Å²) in [4.78, 5) is 5.06. The Balaban J connectivity index is 2.03. The van der Waals surface area contributed by atoms with Crippen molar-refractivity contribution < 1.29 is 0 Å². The fourth-order valence-corrected chi connectivity index (χ4v) is 3.43. The van der Waals surface area contributed by atoms with Crippen molar-refractivity contribution in [1.29, 1.82) is 0 Å². The standard InChI is InChI=1S/C20H26N2/c1-16-8-4-6-10-18(16)20(19-11-7-5-9-17(19)2)22-14-12-21(3)13-15-22/h4-11,20H,12-15H2,1-3H3. The molecule has 116 valence electrons. The maximum Gasteiger partial charge on any atom is 0.0607 e. The van der Waals surface area contributed by atoms with E-state index in [1.54, 1.807) is 0 Å². The number of nitrogens with zero attached hydrogens (tertiary/aromatic N) is 2. The average molecular weight is 294 g/mol. The highest BCUT2D eigenvalue weighted by atomic mass is 15.3. The van der Waals surface area contributed by atoms with Gasteiger partial charge < -0.3 is 4.90 Å². The number of hydrogen-bond donors (Lipinski definition) is 0. The fraction of sp³-hybridized carbons (Fsp3) is 0.400. The smallest absolute Gasteiger partial charge is 0.0607 e. The number of rotatable bonds is 3. The van der Waals surface area contributed by atoms with Crippen LogP contribution in [0.4, 0.5) is 0 Å². The second-order valence-electron chi connectivity index (χ2n) is 6.45. The first-order valence-electron chi connectivity index (χ1n) is 8.20. The Labute approximate surface area is 134 Å². The van der Waals surface area contributed by atoms with E-state index >= 15 is 0 Å². The van der Waals surface area contributed by atoms with Gasteiger partial charge in [0.05, 0.1) is 6.04 Å². The molecule has 2 aromatic rings. The van der Waals surface area contributed by atoms with E-state index in [1.807, 2.05) is 0 Å². The summed E-state index contributed by atoms with van der Waals surface area (Å²) in [7, 11) is 2.22. The Bertz CT molecular complexity index is 582. The summed E-state index contributed by atoms with van der Waals surface area (Å²) < 4.78 is 0. The van der Waals surface area contributed by atoms with Crippen LogP contribution < -0.4 is 0 Å². The molecule has 0 N–H and O–H groups in total. The molecule has 0 spiro atoms. The summed E-state index contributed by atoms with van der Waals surface area (Å²) in [6.45, 7) is 9.02. The lowest BCUT2D eigenvalue weighted by atomic mass is 9.90. The van der Waals surface area contributed by atoms with Gasteiger partial charge in [-0.2, -0.15) is 0 Å². The predicted octanol–water partition coefficient (Wildman–Crippen LogP) is 3.64. The minimum absolute atomic E-state index is 0.371. The van der Waals surface area contributed by atoms with E-state index in [4.69, 9.17) is 0 Å². The van der Waals surface area contributed by atoms with Crippen LogP contribution in [-0.2, 0) is 0 Å². The Morgan fingerprint density at radius 1 is 0.727 bits per heavy atom. The molecular formula is C20H26N2. The molecule has 0 saturated carbocycles. The van der Waals surface area contributed by atoms with Gasteiger partial charge in [0.15, 0.2) is 0 Å². The normalized spacial score (nSPS) is 17.1. The molecule has 1 saturated heterocycles. The molecular weight excluding hydrogens is 268 g/mol. The zero-order valence-electron chi connectivity index (χ0n) is 13.9. The molecule has 1 heterocycles. The maximum absolute atomic E-state index is 2.64. The first-order valence-corrected chi connectivity index (χ1v) is 8.20. The van der Waals surface area contributed by atoms with Crippen LogP contribution in [0.1, 0.15) is 28.3 Å². The van der Waals surface area contributed by atoms with E-state index in [1.165, 1.54) is 22.3 Å². The van der Waals surface area contributed by atoms with Crippen molar-refractivity contribution in [3.05, 3.63) is 70.8 Å². The topological polar surface area (TPSA) is 6.48 Å². The van der Waals surface area contributed by atoms with Gasteiger partial charge in [-0.3, -0.25) is 4.90 Å². The van der Waals surface area contributed by atoms with Gasteiger partial charge in [0, 0.05) is 26.2 Å². The zero-order chi connectivity index (χ0) is 15.5. The Hall–Kier alpha value is -1.64. The van der Waals surface area contributed by atoms with Gasteiger partial charge in [-0.05, 0) is 43.1 Å². The van der Waals surface area contributed by atoms with E-state index in [2.05, 4.69) is 79.2 Å². The van der Waals surface area contributed by atoms with E-state index in [0.717, 1.165) is 26.2 Å². The van der Waals surface area contributed by atoms with Crippen LogP contribution in [0.3, 0.4) is 0 Å². The lowest BCUT2D eigenvalue weighted by Gasteiger charge is -2.39. The van der Waals surface area contributed by atoms with Gasteiger partial charge in [-0.25, -0.2) is 0 Å². The number of hydrogen-bond acceptors (Lipinski definition) is 2. The first-order chi connectivity index (χ1) is 10.7. The molecule has 0 bridgehead atoms. The van der Waals surface area contributed by atoms with Crippen molar-refractivity contribution in [2.75, 3.05) is 33.2 Å². The van der Waals surface area contributed by atoms with Gasteiger partial charge in [-0.15, -0.1) is 0 Å². The SMILES string of the molecule is Cc1ccccc1C(c1ccccc1C)N1CCN(C)CC1. The minimum atomic E-state index is 0.371. The van der Waals surface area contributed by atoms with Crippen LogP contribution in [0, 0.1) is 13.8 Å². The van der Waals surface area contributed by atoms with Crippen molar-refractivity contribution in [3.8, 4) is 0 Å². The van der Waals surface area contributed by atoms with E-state index in [9.17, 15) is 0 Å². The maximum atomic E-state index is 2.64. The van der Waals surface area contributed by atoms with Crippen molar-refractivity contribution in [3.63, 3.8) is 0 Å². The number of benzene rings is 2. The quantitative estimate of drug-likeness (QED) is 0.853. The third-order valence-electron chi connectivity index (χ3n) is 4.87. The van der Waals surface area contributed by atoms with Gasteiger partial charge in [0.25, 0.3) is 0 Å². The molecule has 0 aliphatic carbocycles. The minimum Gasteiger partial charge on any atom is -0.304 e. The number of aryl methyl sites for hydroxylation is 2. The Morgan fingerprint density at radius 2 is 1.18 bits per heavy atom. The zero-order valence-corrected chi connectivity index (χ0v) is 13.9. The molecule has 0 aromatic heterocycles. The van der Waals surface area contributed by atoms with Crippen LogP contribution in [0.15, 0.2) is 48.5 Å². The van der Waals surface area contributed by atoms with Gasteiger partial charge >= 0.3 is 0 Å². The molecule has 0 amide bonds. The highest BCUT2D eigenvalue weighted by molar-refractivity contribution is 5.40. The molecule has 2 nitrogen and oxygen atoms in total. The molecule has 0 atom stereocenters. The van der Waals surface area contributed by atoms with Crippen LogP contribution in [0.2, 0.25) is 0 Å². The van der Waals surface area contributed by atoms with E-state index < -0.39 is 0 Å². The molecule has 1 fully saturated rings. The third kappa shape index (κ3) is 3.08. The van der Waals surface area contributed by atoms with Gasteiger partial charge in [-0.1, -0.05) is 48.5 Å². The summed E-state index contributed by atoms with van der Waals surface area (Å²) in [5, 5.41) is 0. The number of likely N-dealkylation sites (N-methyl/N-ethyl adjacent to an activating group) is 1. The molecule has 1 aliphatic heterocycles. The van der Waals surface area contributed by atoms with Crippen molar-refractivity contribution in [1.82, 2.24) is 9.80 Å². The second-order valence-corrected chi connectivity index (χ2v) is 6.45. The van der Waals surface area contributed by atoms with Crippen LogP contribution in [-0.4, -0.2) is 43.0 Å². The average Bonchev–Trinajstić information content (AvgIpc) is 2.53. The fourth-order valence-electron chi connectivity index (χ4n) is 3.43. The summed E-state index contributed by atoms with van der Waals surface area (Å²) in [6, 6.07) is 18.0. The van der Waals surface area contributed by atoms with Crippen LogP contribution in [0.25, 0.3) is 0 Å². The van der Waals surface area contributed by atoms with Crippen LogP contribution >= 0.6 is 0 Å². The Morgan fingerprint density at radius 3 is 1.64 bits per heavy atom. The molecule has 3 rings (SSSR count). The summed E-state index contributed by atoms with van der Waals surface area (Å²) in [5.74, 6) is 0. The number of piperazine rings is 1. The molecule has 2 aromatic carbocycles. The summed E-state index contributed by atoms with van der Waals surface area (Å²) in [5.41, 5.74) is 5.66. The lowest BCUT2D eigenvalue weighted by Crippen LogP contribution is -2.46. The predicted molar refractivity (Wildman–Crippen MR) is 93.3 cm³/mol. The molecule has 22 heavy (non-hydrogen) atoms. The van der Waals surface area contributed by atoms with Crippen molar-refractivity contribution >= 4 is 0 Å². The molecule has 2 heteroatoms. The lowest BCUT2D eigenvalue weighted by molar-refractivity contribution is 0.127. The van der Waals surface area contributed by atoms with Crippen LogP contribution in [0.5, 0.6) is 0 Å². The highest BCUT2D eigenvalue weighted by Crippen LogP contribution is 2.33.